The van der Waals surface area contributed by atoms with Crippen LogP contribution in [0.5, 0.6) is 5.75 Å². The molecule has 1 atom stereocenters. The number of piperidine rings is 1. The van der Waals surface area contributed by atoms with Crippen LogP contribution in [0.2, 0.25) is 5.02 Å². The number of carbonyl (C=O) groups is 1. The van der Waals surface area contributed by atoms with E-state index >= 15 is 0 Å². The number of hydrogen-bond donors (Lipinski definition) is 1. The standard InChI is InChI=1S/C18H22ClN3O3/c1-25-10-9-21-8-6-20-17(21)13-3-2-7-22(12-13)18(24)15-5-4-14(19)11-16(15)23/h4-6,8,11,13,23H,2-3,7,9-10,12H2,1H3/t13-/m0/s1. The first-order chi connectivity index (χ1) is 12.1. The zero-order valence-electron chi connectivity index (χ0n) is 14.2. The molecule has 1 fully saturated rings. The SMILES string of the molecule is COCCn1ccnc1[C@H]1CCCN(C(=O)c2ccc(Cl)cc2O)C1. The number of carbonyl (C=O) groups excluding carboxylic acids is 1. The van der Waals surface area contributed by atoms with Gasteiger partial charge in [-0.2, -0.15) is 0 Å². The Morgan fingerprint density at radius 2 is 2.32 bits per heavy atom. The topological polar surface area (TPSA) is 67.6 Å². The predicted molar refractivity (Wildman–Crippen MR) is 95.1 cm³/mol. The number of aromatic nitrogens is 2. The Hall–Kier alpha value is -2.05. The molecule has 1 N–H and O–H groups in total. The Bertz CT molecular complexity index is 747. The summed E-state index contributed by atoms with van der Waals surface area (Å²) in [6.45, 7) is 2.63. The van der Waals surface area contributed by atoms with Crippen molar-refractivity contribution in [2.45, 2.75) is 25.3 Å². The van der Waals surface area contributed by atoms with Crippen LogP contribution in [0.15, 0.2) is 30.6 Å². The zero-order valence-corrected chi connectivity index (χ0v) is 14.9. The van der Waals surface area contributed by atoms with Crippen LogP contribution in [0, 0.1) is 0 Å². The Kier molecular flexibility index (Phi) is 5.60. The van der Waals surface area contributed by atoms with Crippen LogP contribution in [-0.2, 0) is 11.3 Å². The highest BCUT2D eigenvalue weighted by atomic mass is 35.5. The van der Waals surface area contributed by atoms with Gasteiger partial charge in [-0.15, -0.1) is 0 Å². The van der Waals surface area contributed by atoms with Gasteiger partial charge in [0.2, 0.25) is 0 Å². The van der Waals surface area contributed by atoms with Crippen molar-refractivity contribution in [3.05, 3.63) is 47.0 Å². The summed E-state index contributed by atoms with van der Waals surface area (Å²) in [5, 5.41) is 10.4. The fraction of sp³-hybridized carbons (Fsp3) is 0.444. The van der Waals surface area contributed by atoms with E-state index in [2.05, 4.69) is 9.55 Å². The van der Waals surface area contributed by atoms with Crippen LogP contribution < -0.4 is 0 Å². The fourth-order valence-corrected chi connectivity index (χ4v) is 3.45. The summed E-state index contributed by atoms with van der Waals surface area (Å²) in [6.07, 6.45) is 5.62. The molecule has 2 heterocycles. The van der Waals surface area contributed by atoms with Gasteiger partial charge in [0, 0.05) is 50.1 Å². The molecule has 1 aliphatic heterocycles. The lowest BCUT2D eigenvalue weighted by Crippen LogP contribution is -2.39. The summed E-state index contributed by atoms with van der Waals surface area (Å²) in [7, 11) is 1.68. The van der Waals surface area contributed by atoms with Crippen LogP contribution >= 0.6 is 11.6 Å². The summed E-state index contributed by atoms with van der Waals surface area (Å²) in [5.41, 5.74) is 0.285. The van der Waals surface area contributed by atoms with E-state index in [0.29, 0.717) is 24.7 Å². The highest BCUT2D eigenvalue weighted by Crippen LogP contribution is 2.29. The van der Waals surface area contributed by atoms with E-state index in [4.69, 9.17) is 16.3 Å². The lowest BCUT2D eigenvalue weighted by Gasteiger charge is -2.33. The molecule has 134 valence electrons. The molecule has 2 aromatic rings. The average Bonchev–Trinajstić information content (AvgIpc) is 3.08. The van der Waals surface area contributed by atoms with Gasteiger partial charge in [0.25, 0.3) is 5.91 Å². The molecule has 1 aliphatic rings. The van der Waals surface area contributed by atoms with Gasteiger partial charge in [-0.3, -0.25) is 4.79 Å². The molecule has 0 spiro atoms. The fourth-order valence-electron chi connectivity index (χ4n) is 3.29. The minimum absolute atomic E-state index is 0.0822. The molecule has 1 saturated heterocycles. The van der Waals surface area contributed by atoms with E-state index in [9.17, 15) is 9.90 Å². The Morgan fingerprint density at radius 3 is 3.08 bits per heavy atom. The number of ether oxygens (including phenoxy) is 1. The van der Waals surface area contributed by atoms with Crippen LogP contribution in [0.25, 0.3) is 0 Å². The number of amides is 1. The number of likely N-dealkylation sites (tertiary alicyclic amines) is 1. The maximum absolute atomic E-state index is 12.8. The number of phenols is 1. The molecule has 25 heavy (non-hydrogen) atoms. The molecular formula is C18H22ClN3O3. The molecule has 0 radical (unpaired) electrons. The van der Waals surface area contributed by atoms with Gasteiger partial charge in [-0.25, -0.2) is 4.98 Å². The molecule has 0 bridgehead atoms. The van der Waals surface area contributed by atoms with Crippen molar-refractivity contribution in [3.63, 3.8) is 0 Å². The number of benzene rings is 1. The van der Waals surface area contributed by atoms with Crippen molar-refractivity contribution >= 4 is 17.5 Å². The van der Waals surface area contributed by atoms with Crippen LogP contribution in [0.3, 0.4) is 0 Å². The lowest BCUT2D eigenvalue weighted by molar-refractivity contribution is 0.0699. The number of methoxy groups -OCH3 is 1. The third kappa shape index (κ3) is 3.96. The van der Waals surface area contributed by atoms with Gasteiger partial charge in [-0.05, 0) is 31.0 Å². The van der Waals surface area contributed by atoms with E-state index in [1.54, 1.807) is 30.3 Å². The molecule has 1 aromatic carbocycles. The highest BCUT2D eigenvalue weighted by Gasteiger charge is 2.29. The van der Waals surface area contributed by atoms with Gasteiger partial charge < -0.3 is 19.3 Å². The Labute approximate surface area is 152 Å². The van der Waals surface area contributed by atoms with Crippen molar-refractivity contribution in [1.82, 2.24) is 14.5 Å². The average molecular weight is 364 g/mol. The number of phenolic OH excluding ortho intramolecular Hbond substituents is 1. The summed E-state index contributed by atoms with van der Waals surface area (Å²) >= 11 is 5.85. The summed E-state index contributed by atoms with van der Waals surface area (Å²) in [5.74, 6) is 0.906. The second-order valence-electron chi connectivity index (χ2n) is 6.22. The van der Waals surface area contributed by atoms with Gasteiger partial charge >= 0.3 is 0 Å². The summed E-state index contributed by atoms with van der Waals surface area (Å²) in [4.78, 5) is 19.1. The number of imidazole rings is 1. The monoisotopic (exact) mass is 363 g/mol. The van der Waals surface area contributed by atoms with E-state index in [-0.39, 0.29) is 23.1 Å². The van der Waals surface area contributed by atoms with E-state index < -0.39 is 0 Å². The molecule has 1 aromatic heterocycles. The quantitative estimate of drug-likeness (QED) is 0.886. The minimum Gasteiger partial charge on any atom is -0.507 e. The molecule has 1 amide bonds. The van der Waals surface area contributed by atoms with Crippen LogP contribution in [0.1, 0.15) is 34.9 Å². The van der Waals surface area contributed by atoms with E-state index in [1.807, 2.05) is 6.20 Å². The third-order valence-electron chi connectivity index (χ3n) is 4.55. The van der Waals surface area contributed by atoms with Crippen molar-refractivity contribution in [3.8, 4) is 5.75 Å². The first-order valence-corrected chi connectivity index (χ1v) is 8.75. The first-order valence-electron chi connectivity index (χ1n) is 8.38. The number of nitrogens with zero attached hydrogens (tertiary/aromatic N) is 3. The first kappa shape index (κ1) is 17.8. The summed E-state index contributed by atoms with van der Waals surface area (Å²) in [6, 6.07) is 4.59. The smallest absolute Gasteiger partial charge is 0.257 e. The second-order valence-corrected chi connectivity index (χ2v) is 6.66. The highest BCUT2D eigenvalue weighted by molar-refractivity contribution is 6.30. The molecule has 0 saturated carbocycles. The van der Waals surface area contributed by atoms with E-state index in [0.717, 1.165) is 25.2 Å². The maximum Gasteiger partial charge on any atom is 0.257 e. The van der Waals surface area contributed by atoms with Gasteiger partial charge in [0.15, 0.2) is 0 Å². The maximum atomic E-state index is 12.8. The third-order valence-corrected chi connectivity index (χ3v) is 4.78. The molecule has 3 rings (SSSR count). The van der Waals surface area contributed by atoms with Crippen molar-refractivity contribution < 1.29 is 14.6 Å². The van der Waals surface area contributed by atoms with Crippen LogP contribution in [-0.4, -0.2) is 52.3 Å². The second kappa shape index (κ2) is 7.89. The molecule has 0 aliphatic carbocycles. The molecule has 6 nitrogen and oxygen atoms in total. The normalized spacial score (nSPS) is 17.7. The number of halogens is 1. The largest absolute Gasteiger partial charge is 0.507 e. The van der Waals surface area contributed by atoms with Crippen LogP contribution in [0.4, 0.5) is 0 Å². The zero-order chi connectivity index (χ0) is 17.8. The minimum atomic E-state index is -0.172. The van der Waals surface area contributed by atoms with Crippen molar-refractivity contribution in [1.29, 1.82) is 0 Å². The van der Waals surface area contributed by atoms with Crippen molar-refractivity contribution in [2.75, 3.05) is 26.8 Å². The van der Waals surface area contributed by atoms with Gasteiger partial charge in [0.1, 0.15) is 11.6 Å². The number of aromatic hydroxyl groups is 1. The Morgan fingerprint density at radius 1 is 1.48 bits per heavy atom. The number of hydrogen-bond acceptors (Lipinski definition) is 4. The summed E-state index contributed by atoms with van der Waals surface area (Å²) < 4.78 is 7.23. The Balaban J connectivity index is 1.75. The predicted octanol–water partition coefficient (Wildman–Crippen LogP) is 2.91. The molecular weight excluding hydrogens is 342 g/mol. The molecule has 7 heteroatoms. The van der Waals surface area contributed by atoms with E-state index in [1.165, 1.54) is 6.07 Å². The van der Waals surface area contributed by atoms with Gasteiger partial charge in [0.05, 0.1) is 12.2 Å². The van der Waals surface area contributed by atoms with Gasteiger partial charge in [-0.1, -0.05) is 11.6 Å². The molecule has 0 unspecified atom stereocenters. The lowest BCUT2D eigenvalue weighted by atomic mass is 9.96. The van der Waals surface area contributed by atoms with Crippen molar-refractivity contribution in [2.24, 2.45) is 0 Å². The number of rotatable bonds is 5.